The largest absolute Gasteiger partial charge is 0.481 e. The van der Waals surface area contributed by atoms with Gasteiger partial charge in [-0.15, -0.1) is 0 Å². The molecule has 2 rings (SSSR count). The van der Waals surface area contributed by atoms with Crippen molar-refractivity contribution in [3.05, 3.63) is 28.8 Å². The van der Waals surface area contributed by atoms with Crippen molar-refractivity contribution in [3.8, 4) is 5.75 Å². The number of hydrogen-bond acceptors (Lipinski definition) is 2. The molecule has 0 aliphatic heterocycles. The maximum Gasteiger partial charge on any atom is 0.387 e. The normalized spacial score (nSPS) is 22.6. The predicted molar refractivity (Wildman–Crippen MR) is 56.6 cm³/mol. The minimum absolute atomic E-state index is 0.0684. The monoisotopic (exact) mass is 262 g/mol. The summed E-state index contributed by atoms with van der Waals surface area (Å²) in [6.45, 7) is -2.92. The first-order valence-electron chi connectivity index (χ1n) is 4.96. The molecule has 0 spiro atoms. The molecule has 0 bridgehead atoms. The molecule has 1 aliphatic carbocycles. The number of halogens is 3. The molecule has 0 radical (unpaired) electrons. The average molecular weight is 263 g/mol. The molecule has 2 atom stereocenters. The van der Waals surface area contributed by atoms with Crippen molar-refractivity contribution in [3.63, 3.8) is 0 Å². The Labute approximate surface area is 101 Å². The van der Waals surface area contributed by atoms with E-state index >= 15 is 0 Å². The molecule has 3 nitrogen and oxygen atoms in total. The van der Waals surface area contributed by atoms with Crippen LogP contribution >= 0.6 is 11.6 Å². The second-order valence-corrected chi connectivity index (χ2v) is 4.26. The van der Waals surface area contributed by atoms with Crippen LogP contribution in [0.25, 0.3) is 0 Å². The Morgan fingerprint density at radius 2 is 2.24 bits per heavy atom. The number of ether oxygens (including phenoxy) is 1. The third-order valence-electron chi connectivity index (χ3n) is 2.71. The SMILES string of the molecule is O=C(O)C1CC1c1ccc(OC(F)F)c(Cl)c1. The lowest BCUT2D eigenvalue weighted by atomic mass is 10.1. The van der Waals surface area contributed by atoms with Crippen molar-refractivity contribution in [2.75, 3.05) is 0 Å². The van der Waals surface area contributed by atoms with Crippen LogP contribution in [0.1, 0.15) is 17.9 Å². The van der Waals surface area contributed by atoms with E-state index in [1.54, 1.807) is 6.07 Å². The van der Waals surface area contributed by atoms with Crippen LogP contribution in [-0.2, 0) is 4.79 Å². The second-order valence-electron chi connectivity index (χ2n) is 3.86. The predicted octanol–water partition coefficient (Wildman–Crippen LogP) is 3.13. The summed E-state index contributed by atoms with van der Waals surface area (Å²) in [5.41, 5.74) is 0.740. The van der Waals surface area contributed by atoms with Crippen LogP contribution in [-0.4, -0.2) is 17.7 Å². The Hall–Kier alpha value is -1.36. The molecule has 1 aromatic carbocycles. The van der Waals surface area contributed by atoms with Gasteiger partial charge in [0.25, 0.3) is 0 Å². The third-order valence-corrected chi connectivity index (χ3v) is 3.00. The molecule has 1 fully saturated rings. The Kier molecular flexibility index (Phi) is 3.19. The molecular weight excluding hydrogens is 254 g/mol. The van der Waals surface area contributed by atoms with Gasteiger partial charge < -0.3 is 9.84 Å². The number of benzene rings is 1. The fourth-order valence-corrected chi connectivity index (χ4v) is 2.01. The maximum atomic E-state index is 12.0. The van der Waals surface area contributed by atoms with Crippen LogP contribution in [0.4, 0.5) is 8.78 Å². The van der Waals surface area contributed by atoms with Gasteiger partial charge in [-0.2, -0.15) is 8.78 Å². The molecule has 92 valence electrons. The maximum absolute atomic E-state index is 12.0. The van der Waals surface area contributed by atoms with Gasteiger partial charge in [-0.1, -0.05) is 17.7 Å². The molecule has 17 heavy (non-hydrogen) atoms. The van der Waals surface area contributed by atoms with Gasteiger partial charge in [0.1, 0.15) is 5.75 Å². The highest BCUT2D eigenvalue weighted by Gasteiger charge is 2.44. The molecule has 0 saturated heterocycles. The van der Waals surface area contributed by atoms with Gasteiger partial charge in [0.05, 0.1) is 10.9 Å². The molecular formula is C11H9ClF2O3. The lowest BCUT2D eigenvalue weighted by Gasteiger charge is -2.07. The number of hydrogen-bond donors (Lipinski definition) is 1. The Morgan fingerprint density at radius 1 is 1.53 bits per heavy atom. The van der Waals surface area contributed by atoms with Gasteiger partial charge in [-0.05, 0) is 30.0 Å². The molecule has 1 N–H and O–H groups in total. The van der Waals surface area contributed by atoms with Crippen LogP contribution in [0.5, 0.6) is 5.75 Å². The van der Waals surface area contributed by atoms with E-state index in [0.29, 0.717) is 6.42 Å². The molecule has 1 aromatic rings. The quantitative estimate of drug-likeness (QED) is 0.907. The number of alkyl halides is 2. The van der Waals surface area contributed by atoms with E-state index in [-0.39, 0.29) is 16.7 Å². The van der Waals surface area contributed by atoms with Gasteiger partial charge in [0.2, 0.25) is 0 Å². The van der Waals surface area contributed by atoms with Crippen molar-refractivity contribution in [2.24, 2.45) is 5.92 Å². The van der Waals surface area contributed by atoms with E-state index in [1.165, 1.54) is 12.1 Å². The molecule has 0 heterocycles. The smallest absolute Gasteiger partial charge is 0.387 e. The van der Waals surface area contributed by atoms with E-state index < -0.39 is 18.5 Å². The van der Waals surface area contributed by atoms with Crippen LogP contribution in [0.3, 0.4) is 0 Å². The van der Waals surface area contributed by atoms with E-state index in [2.05, 4.69) is 4.74 Å². The highest BCUT2D eigenvalue weighted by atomic mass is 35.5. The Morgan fingerprint density at radius 3 is 2.71 bits per heavy atom. The first-order valence-corrected chi connectivity index (χ1v) is 5.34. The highest BCUT2D eigenvalue weighted by Crippen LogP contribution is 2.48. The molecule has 6 heteroatoms. The topological polar surface area (TPSA) is 46.5 Å². The summed E-state index contributed by atoms with van der Waals surface area (Å²) in [6.07, 6.45) is 0.556. The summed E-state index contributed by atoms with van der Waals surface area (Å²) in [6, 6.07) is 4.38. The fourth-order valence-electron chi connectivity index (χ4n) is 1.78. The van der Waals surface area contributed by atoms with Gasteiger partial charge in [-0.25, -0.2) is 0 Å². The van der Waals surface area contributed by atoms with Crippen molar-refractivity contribution in [2.45, 2.75) is 19.0 Å². The molecule has 0 amide bonds. The van der Waals surface area contributed by atoms with Crippen LogP contribution in [0.2, 0.25) is 5.02 Å². The highest BCUT2D eigenvalue weighted by molar-refractivity contribution is 6.32. The summed E-state index contributed by atoms with van der Waals surface area (Å²) in [5, 5.41) is 8.84. The van der Waals surface area contributed by atoms with E-state index in [0.717, 1.165) is 5.56 Å². The number of carboxylic acids is 1. The summed E-state index contributed by atoms with van der Waals surface area (Å²) >= 11 is 5.77. The van der Waals surface area contributed by atoms with Gasteiger partial charge in [-0.3, -0.25) is 4.79 Å². The van der Waals surface area contributed by atoms with Gasteiger partial charge >= 0.3 is 12.6 Å². The van der Waals surface area contributed by atoms with Crippen molar-refractivity contribution in [1.29, 1.82) is 0 Å². The van der Waals surface area contributed by atoms with Crippen molar-refractivity contribution in [1.82, 2.24) is 0 Å². The van der Waals surface area contributed by atoms with Crippen molar-refractivity contribution < 1.29 is 23.4 Å². The Balaban J connectivity index is 2.12. The number of aliphatic carboxylic acids is 1. The minimum Gasteiger partial charge on any atom is -0.481 e. The number of carboxylic acid groups (broad SMARTS) is 1. The molecule has 1 aliphatic rings. The summed E-state index contributed by atoms with van der Waals surface area (Å²) < 4.78 is 28.2. The first kappa shape index (κ1) is 12.1. The molecule has 1 saturated carbocycles. The van der Waals surface area contributed by atoms with E-state index in [1.807, 2.05) is 0 Å². The molecule has 0 aromatic heterocycles. The standard InChI is InChI=1S/C11H9ClF2O3/c12-8-3-5(6-4-7(6)10(15)16)1-2-9(8)17-11(13)14/h1-3,6-7,11H,4H2,(H,15,16). The van der Waals surface area contributed by atoms with E-state index in [4.69, 9.17) is 16.7 Å². The summed E-state index contributed by atoms with van der Waals surface area (Å²) in [7, 11) is 0. The third kappa shape index (κ3) is 2.66. The van der Waals surface area contributed by atoms with E-state index in [9.17, 15) is 13.6 Å². The zero-order valence-corrected chi connectivity index (χ0v) is 9.32. The molecule has 2 unspecified atom stereocenters. The lowest BCUT2D eigenvalue weighted by molar-refractivity contribution is -0.138. The second kappa shape index (κ2) is 4.49. The fraction of sp³-hybridized carbons (Fsp3) is 0.364. The average Bonchev–Trinajstić information content (AvgIpc) is 3.00. The van der Waals surface area contributed by atoms with Crippen LogP contribution in [0.15, 0.2) is 18.2 Å². The zero-order chi connectivity index (χ0) is 12.6. The zero-order valence-electron chi connectivity index (χ0n) is 8.57. The number of rotatable bonds is 4. The van der Waals surface area contributed by atoms with Crippen molar-refractivity contribution >= 4 is 17.6 Å². The summed E-state index contributed by atoms with van der Waals surface area (Å²) in [4.78, 5) is 10.7. The van der Waals surface area contributed by atoms with Crippen LogP contribution < -0.4 is 4.74 Å². The minimum atomic E-state index is -2.92. The number of carbonyl (C=O) groups is 1. The Bertz CT molecular complexity index is 450. The summed E-state index contributed by atoms with van der Waals surface area (Å²) in [5.74, 6) is -1.42. The van der Waals surface area contributed by atoms with Crippen LogP contribution in [0, 0.1) is 5.92 Å². The van der Waals surface area contributed by atoms with Gasteiger partial charge in [0.15, 0.2) is 0 Å². The van der Waals surface area contributed by atoms with Gasteiger partial charge in [0, 0.05) is 0 Å². The first-order chi connectivity index (χ1) is 7.99. The lowest BCUT2D eigenvalue weighted by Crippen LogP contribution is -2.03.